The van der Waals surface area contributed by atoms with Crippen molar-refractivity contribution in [3.63, 3.8) is 0 Å². The summed E-state index contributed by atoms with van der Waals surface area (Å²) < 4.78 is 5.08. The van der Waals surface area contributed by atoms with Crippen LogP contribution in [0.1, 0.15) is 5.69 Å². The summed E-state index contributed by atoms with van der Waals surface area (Å²) in [6, 6.07) is 7.62. The largest absolute Gasteiger partial charge is 0.481 e. The molecule has 0 saturated heterocycles. The Morgan fingerprint density at radius 3 is 2.83 bits per heavy atom. The molecule has 3 heterocycles. The predicted octanol–water partition coefficient (Wildman–Crippen LogP) is 2.34. The molecule has 0 amide bonds. The van der Waals surface area contributed by atoms with Gasteiger partial charge in [-0.05, 0) is 25.1 Å². The molecule has 0 radical (unpaired) electrons. The lowest BCUT2D eigenvalue weighted by Gasteiger charge is -1.96. The van der Waals surface area contributed by atoms with E-state index in [1.807, 2.05) is 31.2 Å². The minimum atomic E-state index is 0.562. The van der Waals surface area contributed by atoms with E-state index in [1.54, 1.807) is 13.3 Å². The lowest BCUT2D eigenvalue weighted by atomic mass is 10.2. The van der Waals surface area contributed by atoms with Gasteiger partial charge >= 0.3 is 0 Å². The first-order valence-electron chi connectivity index (χ1n) is 5.60. The zero-order valence-corrected chi connectivity index (χ0v) is 10.1. The molecule has 0 spiro atoms. The first-order chi connectivity index (χ1) is 8.76. The number of ether oxygens (including phenoxy) is 1. The van der Waals surface area contributed by atoms with Gasteiger partial charge in [-0.3, -0.25) is 4.98 Å². The van der Waals surface area contributed by atoms with Gasteiger partial charge in [0.1, 0.15) is 5.82 Å². The van der Waals surface area contributed by atoms with Crippen LogP contribution in [0.25, 0.3) is 22.6 Å². The van der Waals surface area contributed by atoms with Crippen LogP contribution in [0.2, 0.25) is 0 Å². The highest BCUT2D eigenvalue weighted by Gasteiger charge is 2.07. The van der Waals surface area contributed by atoms with E-state index in [0.29, 0.717) is 11.5 Å². The van der Waals surface area contributed by atoms with E-state index < -0.39 is 0 Å². The molecule has 0 unspecified atom stereocenters. The molecule has 5 nitrogen and oxygen atoms in total. The quantitative estimate of drug-likeness (QED) is 0.746. The van der Waals surface area contributed by atoms with E-state index in [-0.39, 0.29) is 0 Å². The number of hydrogen-bond acceptors (Lipinski definition) is 4. The van der Waals surface area contributed by atoms with Gasteiger partial charge in [0.2, 0.25) is 5.88 Å². The topological polar surface area (TPSA) is 63.7 Å². The molecule has 0 bridgehead atoms. The molecule has 3 aromatic heterocycles. The van der Waals surface area contributed by atoms with E-state index in [1.165, 1.54) is 0 Å². The van der Waals surface area contributed by atoms with Crippen molar-refractivity contribution in [2.75, 3.05) is 7.11 Å². The molecule has 18 heavy (non-hydrogen) atoms. The molecule has 0 aromatic carbocycles. The predicted molar refractivity (Wildman–Crippen MR) is 68.4 cm³/mol. The third kappa shape index (κ3) is 1.79. The minimum Gasteiger partial charge on any atom is -0.481 e. The Kier molecular flexibility index (Phi) is 2.44. The molecule has 5 heteroatoms. The van der Waals surface area contributed by atoms with Crippen LogP contribution in [-0.2, 0) is 0 Å². The van der Waals surface area contributed by atoms with Crippen molar-refractivity contribution in [1.29, 1.82) is 0 Å². The zero-order valence-electron chi connectivity index (χ0n) is 10.1. The number of pyridine rings is 2. The fourth-order valence-corrected chi connectivity index (χ4v) is 1.82. The van der Waals surface area contributed by atoms with Crippen LogP contribution < -0.4 is 4.74 Å². The summed E-state index contributed by atoms with van der Waals surface area (Å²) in [6.45, 7) is 1.95. The second kappa shape index (κ2) is 4.10. The lowest BCUT2D eigenvalue weighted by Crippen LogP contribution is -1.86. The van der Waals surface area contributed by atoms with Crippen LogP contribution in [0.4, 0.5) is 0 Å². The van der Waals surface area contributed by atoms with Gasteiger partial charge in [-0.1, -0.05) is 0 Å². The molecule has 0 saturated carbocycles. The molecule has 0 aliphatic heterocycles. The van der Waals surface area contributed by atoms with Crippen molar-refractivity contribution in [1.82, 2.24) is 19.9 Å². The Morgan fingerprint density at radius 1 is 1.17 bits per heavy atom. The Morgan fingerprint density at radius 2 is 2.06 bits per heavy atom. The number of aromatic amines is 1. The molecule has 0 aliphatic carbocycles. The van der Waals surface area contributed by atoms with Gasteiger partial charge in [-0.15, -0.1) is 0 Å². The molecule has 3 aromatic rings. The van der Waals surface area contributed by atoms with Crippen LogP contribution in [0.3, 0.4) is 0 Å². The Bertz CT molecular complexity index is 705. The summed E-state index contributed by atoms with van der Waals surface area (Å²) in [5.74, 6) is 1.35. The van der Waals surface area contributed by atoms with E-state index in [2.05, 4.69) is 19.9 Å². The number of hydrogen-bond donors (Lipinski definition) is 1. The van der Waals surface area contributed by atoms with Crippen molar-refractivity contribution in [3.8, 4) is 17.3 Å². The maximum atomic E-state index is 5.08. The van der Waals surface area contributed by atoms with Gasteiger partial charge in [-0.2, -0.15) is 4.98 Å². The SMILES string of the molecule is COc1ccc2[nH]c(-c3ccnc(C)c3)nc2n1. The summed E-state index contributed by atoms with van der Waals surface area (Å²) >= 11 is 0. The number of H-pyrrole nitrogens is 1. The number of imidazole rings is 1. The normalized spacial score (nSPS) is 10.8. The first kappa shape index (κ1) is 10.7. The number of rotatable bonds is 2. The van der Waals surface area contributed by atoms with Crippen LogP contribution in [0, 0.1) is 6.92 Å². The van der Waals surface area contributed by atoms with E-state index in [0.717, 1.165) is 22.6 Å². The average Bonchev–Trinajstić information content (AvgIpc) is 2.81. The monoisotopic (exact) mass is 240 g/mol. The molecule has 3 rings (SSSR count). The van der Waals surface area contributed by atoms with E-state index in [4.69, 9.17) is 4.74 Å². The van der Waals surface area contributed by atoms with Gasteiger partial charge < -0.3 is 9.72 Å². The van der Waals surface area contributed by atoms with Crippen LogP contribution in [0.5, 0.6) is 5.88 Å². The van der Waals surface area contributed by atoms with Crippen molar-refractivity contribution >= 4 is 11.2 Å². The highest BCUT2D eigenvalue weighted by molar-refractivity contribution is 5.76. The Labute approximate surface area is 104 Å². The number of aryl methyl sites for hydroxylation is 1. The van der Waals surface area contributed by atoms with Crippen molar-refractivity contribution in [3.05, 3.63) is 36.2 Å². The Balaban J connectivity index is 2.13. The summed E-state index contributed by atoms with van der Waals surface area (Å²) in [7, 11) is 1.59. The first-order valence-corrected chi connectivity index (χ1v) is 5.60. The molecule has 0 atom stereocenters. The second-order valence-electron chi connectivity index (χ2n) is 4.00. The van der Waals surface area contributed by atoms with Crippen molar-refractivity contribution in [2.24, 2.45) is 0 Å². The van der Waals surface area contributed by atoms with Gasteiger partial charge in [0.15, 0.2) is 5.65 Å². The highest BCUT2D eigenvalue weighted by atomic mass is 16.5. The van der Waals surface area contributed by atoms with Crippen LogP contribution in [0.15, 0.2) is 30.5 Å². The zero-order chi connectivity index (χ0) is 12.5. The molecular formula is C13H12N4O. The number of nitrogens with one attached hydrogen (secondary N) is 1. The van der Waals surface area contributed by atoms with Gasteiger partial charge in [-0.25, -0.2) is 4.98 Å². The number of aromatic nitrogens is 4. The third-order valence-electron chi connectivity index (χ3n) is 2.70. The fraction of sp³-hybridized carbons (Fsp3) is 0.154. The third-order valence-corrected chi connectivity index (χ3v) is 2.70. The smallest absolute Gasteiger partial charge is 0.215 e. The van der Waals surface area contributed by atoms with Crippen LogP contribution in [-0.4, -0.2) is 27.0 Å². The fourth-order valence-electron chi connectivity index (χ4n) is 1.82. The van der Waals surface area contributed by atoms with Crippen LogP contribution >= 0.6 is 0 Å². The molecule has 0 fully saturated rings. The van der Waals surface area contributed by atoms with E-state index >= 15 is 0 Å². The maximum absolute atomic E-state index is 5.08. The molecule has 90 valence electrons. The molecule has 0 aliphatic rings. The summed E-state index contributed by atoms with van der Waals surface area (Å²) in [6.07, 6.45) is 1.77. The highest BCUT2D eigenvalue weighted by Crippen LogP contribution is 2.21. The maximum Gasteiger partial charge on any atom is 0.215 e. The standard InChI is InChI=1S/C13H12N4O/c1-8-7-9(5-6-14-8)12-15-10-3-4-11(18-2)16-13(10)17-12/h3-7H,1-2H3,(H,15,16,17). The minimum absolute atomic E-state index is 0.562. The summed E-state index contributed by atoms with van der Waals surface area (Å²) in [4.78, 5) is 16.1. The van der Waals surface area contributed by atoms with Gasteiger partial charge in [0.05, 0.1) is 12.6 Å². The van der Waals surface area contributed by atoms with Crippen molar-refractivity contribution in [2.45, 2.75) is 6.92 Å². The lowest BCUT2D eigenvalue weighted by molar-refractivity contribution is 0.399. The van der Waals surface area contributed by atoms with Gasteiger partial charge in [0, 0.05) is 23.5 Å². The second-order valence-corrected chi connectivity index (χ2v) is 4.00. The number of nitrogens with zero attached hydrogens (tertiary/aromatic N) is 3. The number of methoxy groups -OCH3 is 1. The van der Waals surface area contributed by atoms with Crippen molar-refractivity contribution < 1.29 is 4.74 Å². The molecule has 1 N–H and O–H groups in total. The molecular weight excluding hydrogens is 228 g/mol. The summed E-state index contributed by atoms with van der Waals surface area (Å²) in [5, 5.41) is 0. The van der Waals surface area contributed by atoms with E-state index in [9.17, 15) is 0 Å². The van der Waals surface area contributed by atoms with Gasteiger partial charge in [0.25, 0.3) is 0 Å². The Hall–Kier alpha value is -2.43. The average molecular weight is 240 g/mol. The number of fused-ring (bicyclic) bond motifs is 1. The summed E-state index contributed by atoms with van der Waals surface area (Å²) in [5.41, 5.74) is 3.50.